The number of hydrogen-bond donors (Lipinski definition) is 2. The van der Waals surface area contributed by atoms with Crippen LogP contribution in [0.3, 0.4) is 0 Å². The summed E-state index contributed by atoms with van der Waals surface area (Å²) < 4.78 is 36.8. The standard InChI is InChI=1S/C8H8FN3O3S/c1-12-7-3-2-5(9)4-6(7)10-8(12)16(14,15)11-13/h2-4,11,13H,1H3. The molecule has 2 rings (SSSR count). The highest BCUT2D eigenvalue weighted by atomic mass is 32.2. The van der Waals surface area contributed by atoms with Crippen LogP contribution in [-0.4, -0.2) is 23.2 Å². The van der Waals surface area contributed by atoms with Gasteiger partial charge in [-0.1, -0.05) is 4.89 Å². The van der Waals surface area contributed by atoms with Crippen molar-refractivity contribution in [2.45, 2.75) is 5.16 Å². The van der Waals surface area contributed by atoms with E-state index in [2.05, 4.69) is 4.98 Å². The van der Waals surface area contributed by atoms with Crippen LogP contribution in [0.25, 0.3) is 11.0 Å². The van der Waals surface area contributed by atoms with Crippen LogP contribution in [0.5, 0.6) is 0 Å². The molecule has 0 amide bonds. The van der Waals surface area contributed by atoms with E-state index in [1.807, 2.05) is 0 Å². The van der Waals surface area contributed by atoms with Gasteiger partial charge in [0.2, 0.25) is 5.16 Å². The Morgan fingerprint density at radius 2 is 2.19 bits per heavy atom. The Morgan fingerprint density at radius 3 is 2.81 bits per heavy atom. The number of imidazole rings is 1. The molecule has 8 heteroatoms. The first-order valence-corrected chi connectivity index (χ1v) is 5.72. The molecule has 1 heterocycles. The molecule has 1 aromatic heterocycles. The number of aryl methyl sites for hydroxylation is 1. The van der Waals surface area contributed by atoms with Crippen LogP contribution in [-0.2, 0) is 17.1 Å². The highest BCUT2D eigenvalue weighted by molar-refractivity contribution is 7.89. The van der Waals surface area contributed by atoms with Crippen LogP contribution in [0.4, 0.5) is 4.39 Å². The molecule has 0 radical (unpaired) electrons. The van der Waals surface area contributed by atoms with E-state index in [0.29, 0.717) is 5.52 Å². The number of fused-ring (bicyclic) bond motifs is 1. The topological polar surface area (TPSA) is 84.2 Å². The van der Waals surface area contributed by atoms with Gasteiger partial charge in [-0.2, -0.15) is 0 Å². The molecule has 2 N–H and O–H groups in total. The van der Waals surface area contributed by atoms with Gasteiger partial charge in [0.15, 0.2) is 0 Å². The van der Waals surface area contributed by atoms with Gasteiger partial charge in [0.25, 0.3) is 10.0 Å². The number of nitrogens with one attached hydrogen (secondary N) is 1. The SMILES string of the molecule is Cn1c(S(=O)(=O)NO)nc2cc(F)ccc21. The molecule has 2 aromatic rings. The Balaban J connectivity index is 2.79. The molecule has 16 heavy (non-hydrogen) atoms. The third-order valence-corrected chi connectivity index (χ3v) is 3.25. The Labute approximate surface area is 90.3 Å². The van der Waals surface area contributed by atoms with E-state index in [-0.39, 0.29) is 10.7 Å². The summed E-state index contributed by atoms with van der Waals surface area (Å²) in [5, 5.41) is 8.11. The molecule has 0 saturated carbocycles. The summed E-state index contributed by atoms with van der Waals surface area (Å²) in [7, 11) is -2.61. The first-order valence-electron chi connectivity index (χ1n) is 4.23. The van der Waals surface area contributed by atoms with E-state index in [1.165, 1.54) is 28.6 Å². The van der Waals surface area contributed by atoms with Gasteiger partial charge in [0.1, 0.15) is 5.82 Å². The molecular weight excluding hydrogens is 237 g/mol. The minimum Gasteiger partial charge on any atom is -0.317 e. The van der Waals surface area contributed by atoms with E-state index < -0.39 is 15.8 Å². The lowest BCUT2D eigenvalue weighted by molar-refractivity contribution is 0.241. The molecule has 0 spiro atoms. The first-order chi connectivity index (χ1) is 7.45. The number of aromatic nitrogens is 2. The van der Waals surface area contributed by atoms with Gasteiger partial charge >= 0.3 is 0 Å². The second-order valence-corrected chi connectivity index (χ2v) is 4.74. The van der Waals surface area contributed by atoms with Crippen LogP contribution in [0.1, 0.15) is 0 Å². The minimum absolute atomic E-state index is 0.205. The smallest absolute Gasteiger partial charge is 0.296 e. The van der Waals surface area contributed by atoms with Crippen molar-refractivity contribution in [1.82, 2.24) is 14.4 Å². The summed E-state index contributed by atoms with van der Waals surface area (Å²) in [6.07, 6.45) is 0. The largest absolute Gasteiger partial charge is 0.317 e. The van der Waals surface area contributed by atoms with Gasteiger partial charge in [-0.05, 0) is 12.1 Å². The molecule has 0 aliphatic carbocycles. The monoisotopic (exact) mass is 245 g/mol. The van der Waals surface area contributed by atoms with E-state index in [9.17, 15) is 12.8 Å². The molecule has 0 unspecified atom stereocenters. The maximum Gasteiger partial charge on any atom is 0.296 e. The van der Waals surface area contributed by atoms with E-state index in [1.54, 1.807) is 0 Å². The molecular formula is C8H8FN3O3S. The maximum atomic E-state index is 12.9. The Morgan fingerprint density at radius 1 is 1.50 bits per heavy atom. The summed E-state index contributed by atoms with van der Waals surface area (Å²) in [5.41, 5.74) is 0.659. The lowest BCUT2D eigenvalue weighted by atomic mass is 10.3. The second kappa shape index (κ2) is 3.51. The lowest BCUT2D eigenvalue weighted by Crippen LogP contribution is -2.22. The van der Waals surface area contributed by atoms with Gasteiger partial charge in [-0.15, -0.1) is 0 Å². The van der Waals surface area contributed by atoms with Gasteiger partial charge < -0.3 is 9.77 Å². The molecule has 1 aromatic carbocycles. The normalized spacial score (nSPS) is 12.2. The second-order valence-electron chi connectivity index (χ2n) is 3.18. The van der Waals surface area contributed by atoms with Crippen molar-refractivity contribution in [1.29, 1.82) is 0 Å². The predicted octanol–water partition coefficient (Wildman–Crippen LogP) is 0.380. The van der Waals surface area contributed by atoms with E-state index >= 15 is 0 Å². The molecule has 0 atom stereocenters. The summed E-state index contributed by atoms with van der Waals surface area (Å²) in [6, 6.07) is 3.73. The number of sulfonamides is 1. The maximum absolute atomic E-state index is 12.9. The number of halogens is 1. The van der Waals surface area contributed by atoms with E-state index in [4.69, 9.17) is 5.21 Å². The average molecular weight is 245 g/mol. The molecule has 0 aliphatic heterocycles. The highest BCUT2D eigenvalue weighted by Gasteiger charge is 2.21. The molecule has 0 bridgehead atoms. The molecule has 6 nitrogen and oxygen atoms in total. The zero-order valence-corrected chi connectivity index (χ0v) is 8.99. The van der Waals surface area contributed by atoms with Crippen molar-refractivity contribution in [3.05, 3.63) is 24.0 Å². The fraction of sp³-hybridized carbons (Fsp3) is 0.125. The van der Waals surface area contributed by atoms with Gasteiger partial charge in [0.05, 0.1) is 11.0 Å². The number of hydrogen-bond acceptors (Lipinski definition) is 4. The predicted molar refractivity (Wildman–Crippen MR) is 52.8 cm³/mol. The minimum atomic E-state index is -4.07. The van der Waals surface area contributed by atoms with Gasteiger partial charge in [0, 0.05) is 13.1 Å². The quantitative estimate of drug-likeness (QED) is 0.749. The summed E-state index contributed by atoms with van der Waals surface area (Å²) in [4.78, 5) is 4.90. The summed E-state index contributed by atoms with van der Waals surface area (Å²) in [6.45, 7) is 0. The van der Waals surface area contributed by atoms with Gasteiger partial charge in [-0.25, -0.2) is 17.8 Å². The molecule has 86 valence electrons. The zero-order chi connectivity index (χ0) is 11.9. The number of rotatable bonds is 2. The third-order valence-electron chi connectivity index (χ3n) is 2.16. The van der Waals surface area contributed by atoms with E-state index in [0.717, 1.165) is 6.07 Å². The fourth-order valence-corrected chi connectivity index (χ4v) is 2.19. The fourth-order valence-electron chi connectivity index (χ4n) is 1.43. The van der Waals surface area contributed by atoms with Crippen molar-refractivity contribution in [3.8, 4) is 0 Å². The van der Waals surface area contributed by atoms with Crippen molar-refractivity contribution in [3.63, 3.8) is 0 Å². The van der Waals surface area contributed by atoms with Crippen LogP contribution in [0, 0.1) is 5.82 Å². The van der Waals surface area contributed by atoms with Crippen LogP contribution >= 0.6 is 0 Å². The zero-order valence-electron chi connectivity index (χ0n) is 8.18. The van der Waals surface area contributed by atoms with Crippen molar-refractivity contribution in [2.75, 3.05) is 0 Å². The van der Waals surface area contributed by atoms with Crippen LogP contribution in [0.15, 0.2) is 23.4 Å². The first kappa shape index (κ1) is 11.0. The molecule has 0 saturated heterocycles. The third kappa shape index (κ3) is 1.56. The highest BCUT2D eigenvalue weighted by Crippen LogP contribution is 2.18. The van der Waals surface area contributed by atoms with Crippen LogP contribution < -0.4 is 4.89 Å². The summed E-state index contributed by atoms with van der Waals surface area (Å²) >= 11 is 0. The van der Waals surface area contributed by atoms with Gasteiger partial charge in [-0.3, -0.25) is 0 Å². The number of nitrogens with zero attached hydrogens (tertiary/aromatic N) is 2. The van der Waals surface area contributed by atoms with Crippen LogP contribution in [0.2, 0.25) is 0 Å². The lowest BCUT2D eigenvalue weighted by Gasteiger charge is -2.00. The van der Waals surface area contributed by atoms with Crippen molar-refractivity contribution < 1.29 is 18.0 Å². The van der Waals surface area contributed by atoms with Crippen molar-refractivity contribution >= 4 is 21.1 Å². The average Bonchev–Trinajstić information content (AvgIpc) is 2.56. The molecule has 0 aliphatic rings. The van der Waals surface area contributed by atoms with Crippen molar-refractivity contribution in [2.24, 2.45) is 7.05 Å². The Hall–Kier alpha value is -1.51. The number of benzene rings is 1. The summed E-state index contributed by atoms with van der Waals surface area (Å²) in [5.74, 6) is -0.508. The Kier molecular flexibility index (Phi) is 2.41. The Bertz CT molecular complexity index is 650. The molecule has 0 fully saturated rings.